The summed E-state index contributed by atoms with van der Waals surface area (Å²) in [4.78, 5) is 0. The number of nitrogens with zero attached hydrogens (tertiary/aromatic N) is 2. The van der Waals surface area contributed by atoms with Gasteiger partial charge in [-0.1, -0.05) is 32.1 Å². The van der Waals surface area contributed by atoms with E-state index in [0.717, 1.165) is 29.6 Å². The number of aliphatic hydroxyl groups excluding tert-OH is 1. The van der Waals surface area contributed by atoms with Gasteiger partial charge in [-0.15, -0.1) is 0 Å². The molecule has 18 heavy (non-hydrogen) atoms. The van der Waals surface area contributed by atoms with E-state index in [2.05, 4.69) is 28.0 Å². The van der Waals surface area contributed by atoms with Crippen LogP contribution in [-0.4, -0.2) is 14.9 Å². The minimum absolute atomic E-state index is 0.375. The van der Waals surface area contributed by atoms with E-state index in [4.69, 9.17) is 0 Å². The summed E-state index contributed by atoms with van der Waals surface area (Å²) in [6.45, 7) is 2.87. The quantitative estimate of drug-likeness (QED) is 0.913. The molecule has 0 aliphatic heterocycles. The van der Waals surface area contributed by atoms with Gasteiger partial charge >= 0.3 is 0 Å². The third-order valence-electron chi connectivity index (χ3n) is 4.01. The van der Waals surface area contributed by atoms with Crippen molar-refractivity contribution in [2.45, 2.75) is 64.5 Å². The zero-order valence-electron chi connectivity index (χ0n) is 11.1. The molecule has 1 fully saturated rings. The van der Waals surface area contributed by atoms with Crippen LogP contribution in [0.2, 0.25) is 0 Å². The lowest BCUT2D eigenvalue weighted by Crippen LogP contribution is -2.18. The first-order chi connectivity index (χ1) is 8.74. The highest BCUT2D eigenvalue weighted by atomic mass is 79.9. The fraction of sp³-hybridized carbons (Fsp3) is 0.786. The Morgan fingerprint density at radius 3 is 2.56 bits per heavy atom. The normalized spacial score (nSPS) is 20.4. The molecule has 3 nitrogen and oxygen atoms in total. The van der Waals surface area contributed by atoms with Crippen molar-refractivity contribution in [1.82, 2.24) is 9.78 Å². The second-order valence-corrected chi connectivity index (χ2v) is 6.10. The van der Waals surface area contributed by atoms with Gasteiger partial charge in [0.15, 0.2) is 0 Å². The first-order valence-electron chi connectivity index (χ1n) is 7.13. The maximum Gasteiger partial charge on any atom is 0.0996 e. The summed E-state index contributed by atoms with van der Waals surface area (Å²) in [6.07, 6.45) is 10.2. The van der Waals surface area contributed by atoms with E-state index in [0.29, 0.717) is 5.92 Å². The van der Waals surface area contributed by atoms with E-state index < -0.39 is 0 Å². The van der Waals surface area contributed by atoms with Crippen LogP contribution in [0.4, 0.5) is 0 Å². The predicted octanol–water partition coefficient (Wildman–Crippen LogP) is 4.06. The lowest BCUT2D eigenvalue weighted by atomic mass is 9.86. The summed E-state index contributed by atoms with van der Waals surface area (Å²) in [6, 6.07) is 0. The Hall–Kier alpha value is -0.350. The van der Waals surface area contributed by atoms with Crippen molar-refractivity contribution < 1.29 is 5.11 Å². The van der Waals surface area contributed by atoms with E-state index in [1.807, 2.05) is 4.68 Å². The molecule has 0 amide bonds. The van der Waals surface area contributed by atoms with E-state index in [-0.39, 0.29) is 6.10 Å². The Bertz CT molecular complexity index is 370. The largest absolute Gasteiger partial charge is 0.386 e. The Kier molecular flexibility index (Phi) is 5.25. The van der Waals surface area contributed by atoms with Gasteiger partial charge in [-0.25, -0.2) is 0 Å². The molecule has 1 aliphatic carbocycles. The second-order valence-electron chi connectivity index (χ2n) is 5.24. The van der Waals surface area contributed by atoms with Gasteiger partial charge in [-0.3, -0.25) is 4.68 Å². The minimum Gasteiger partial charge on any atom is -0.386 e. The van der Waals surface area contributed by atoms with Crippen LogP contribution in [0.3, 0.4) is 0 Å². The van der Waals surface area contributed by atoms with Gasteiger partial charge in [0.2, 0.25) is 0 Å². The molecule has 0 aromatic carbocycles. The molecule has 0 spiro atoms. The molecule has 1 saturated carbocycles. The van der Waals surface area contributed by atoms with E-state index in [1.165, 1.54) is 32.1 Å². The number of rotatable bonds is 3. The molecule has 1 heterocycles. The Labute approximate surface area is 118 Å². The molecule has 1 unspecified atom stereocenters. The van der Waals surface area contributed by atoms with E-state index >= 15 is 0 Å². The topological polar surface area (TPSA) is 38.0 Å². The third-order valence-corrected chi connectivity index (χ3v) is 4.62. The monoisotopic (exact) mass is 314 g/mol. The average molecular weight is 315 g/mol. The fourth-order valence-electron chi connectivity index (χ4n) is 2.94. The standard InChI is InChI=1S/C14H23BrN2O/c1-2-17-13(12(15)10-16-17)14(18)11-8-6-4-3-5-7-9-11/h10-11,14,18H,2-9H2,1H3. The molecule has 0 radical (unpaired) electrons. The van der Waals surface area contributed by atoms with E-state index in [9.17, 15) is 5.11 Å². The van der Waals surface area contributed by atoms with Crippen molar-refractivity contribution in [3.8, 4) is 0 Å². The van der Waals surface area contributed by atoms with Crippen molar-refractivity contribution in [2.24, 2.45) is 5.92 Å². The summed E-state index contributed by atoms with van der Waals surface area (Å²) in [5, 5.41) is 15.0. The van der Waals surface area contributed by atoms with Crippen molar-refractivity contribution in [2.75, 3.05) is 0 Å². The molecule has 1 aromatic rings. The Balaban J connectivity index is 2.12. The van der Waals surface area contributed by atoms with Crippen LogP contribution >= 0.6 is 15.9 Å². The van der Waals surface area contributed by atoms with Crippen LogP contribution in [0.15, 0.2) is 10.7 Å². The lowest BCUT2D eigenvalue weighted by molar-refractivity contribution is 0.0824. The van der Waals surface area contributed by atoms with Crippen LogP contribution in [0.1, 0.15) is 63.7 Å². The molecule has 102 valence electrons. The van der Waals surface area contributed by atoms with Gasteiger partial charge in [0.05, 0.1) is 22.5 Å². The molecule has 2 rings (SSSR count). The highest BCUT2D eigenvalue weighted by Crippen LogP contribution is 2.35. The summed E-state index contributed by atoms with van der Waals surface area (Å²) in [5.74, 6) is 0.392. The first kappa shape index (κ1) is 14.1. The summed E-state index contributed by atoms with van der Waals surface area (Å²) in [7, 11) is 0. The highest BCUT2D eigenvalue weighted by molar-refractivity contribution is 9.10. The molecule has 4 heteroatoms. The number of aryl methyl sites for hydroxylation is 1. The SMILES string of the molecule is CCn1ncc(Br)c1C(O)C1CCCCCCC1. The van der Waals surface area contributed by atoms with Crippen LogP contribution in [-0.2, 0) is 6.54 Å². The Morgan fingerprint density at radius 1 is 1.33 bits per heavy atom. The van der Waals surface area contributed by atoms with Crippen LogP contribution in [0.25, 0.3) is 0 Å². The lowest BCUT2D eigenvalue weighted by Gasteiger charge is -2.25. The van der Waals surface area contributed by atoms with Crippen LogP contribution in [0, 0.1) is 5.92 Å². The van der Waals surface area contributed by atoms with Crippen molar-refractivity contribution in [3.63, 3.8) is 0 Å². The summed E-state index contributed by atoms with van der Waals surface area (Å²) >= 11 is 3.52. The smallest absolute Gasteiger partial charge is 0.0996 e. The zero-order chi connectivity index (χ0) is 13.0. The third kappa shape index (κ3) is 3.15. The van der Waals surface area contributed by atoms with Crippen molar-refractivity contribution >= 4 is 15.9 Å². The molecular formula is C14H23BrN2O. The molecular weight excluding hydrogens is 292 g/mol. The number of aliphatic hydroxyl groups is 1. The maximum atomic E-state index is 10.7. The van der Waals surface area contributed by atoms with Gasteiger partial charge in [-0.05, 0) is 41.6 Å². The molecule has 0 saturated heterocycles. The van der Waals surface area contributed by atoms with Crippen LogP contribution in [0.5, 0.6) is 0 Å². The second kappa shape index (κ2) is 6.71. The van der Waals surface area contributed by atoms with Gasteiger partial charge in [0.1, 0.15) is 0 Å². The van der Waals surface area contributed by atoms with Gasteiger partial charge in [0.25, 0.3) is 0 Å². The van der Waals surface area contributed by atoms with Crippen molar-refractivity contribution in [3.05, 3.63) is 16.4 Å². The number of hydrogen-bond donors (Lipinski definition) is 1. The highest BCUT2D eigenvalue weighted by Gasteiger charge is 2.26. The van der Waals surface area contributed by atoms with E-state index in [1.54, 1.807) is 6.20 Å². The van der Waals surface area contributed by atoms with Crippen LogP contribution < -0.4 is 0 Å². The Morgan fingerprint density at radius 2 is 1.94 bits per heavy atom. The summed E-state index contributed by atoms with van der Waals surface area (Å²) < 4.78 is 2.85. The maximum absolute atomic E-state index is 10.7. The molecule has 1 aromatic heterocycles. The fourth-order valence-corrected chi connectivity index (χ4v) is 3.48. The molecule has 1 atom stereocenters. The first-order valence-corrected chi connectivity index (χ1v) is 7.92. The molecule has 1 aliphatic rings. The zero-order valence-corrected chi connectivity index (χ0v) is 12.7. The predicted molar refractivity (Wildman–Crippen MR) is 76.4 cm³/mol. The minimum atomic E-state index is -0.375. The molecule has 0 bridgehead atoms. The number of halogens is 1. The summed E-state index contributed by atoms with van der Waals surface area (Å²) in [5.41, 5.74) is 0.961. The average Bonchev–Trinajstić information content (AvgIpc) is 2.69. The van der Waals surface area contributed by atoms with Gasteiger partial charge < -0.3 is 5.11 Å². The van der Waals surface area contributed by atoms with Gasteiger partial charge in [-0.2, -0.15) is 5.10 Å². The molecule has 1 N–H and O–H groups in total. The van der Waals surface area contributed by atoms with Gasteiger partial charge in [0, 0.05) is 6.54 Å². The number of hydrogen-bond acceptors (Lipinski definition) is 2. The number of aromatic nitrogens is 2. The van der Waals surface area contributed by atoms with Crippen molar-refractivity contribution in [1.29, 1.82) is 0 Å².